The predicted molar refractivity (Wildman–Crippen MR) is 82.5 cm³/mol. The molecule has 1 aromatic heterocycles. The van der Waals surface area contributed by atoms with E-state index in [-0.39, 0.29) is 17.8 Å². The molecule has 8 heteroatoms. The summed E-state index contributed by atoms with van der Waals surface area (Å²) in [5.41, 5.74) is -0.340. The third kappa shape index (κ3) is 2.67. The van der Waals surface area contributed by atoms with Crippen molar-refractivity contribution in [1.82, 2.24) is 25.1 Å². The first-order valence-corrected chi connectivity index (χ1v) is 7.43. The molecular formula is C15H18N6O2. The Labute approximate surface area is 133 Å². The molecule has 1 unspecified atom stereocenters. The Morgan fingerprint density at radius 2 is 2.00 bits per heavy atom. The molecule has 2 amide bonds. The van der Waals surface area contributed by atoms with Gasteiger partial charge in [-0.2, -0.15) is 0 Å². The van der Waals surface area contributed by atoms with E-state index in [4.69, 9.17) is 0 Å². The number of nitrogens with one attached hydrogen (secondary N) is 1. The van der Waals surface area contributed by atoms with Crippen LogP contribution >= 0.6 is 0 Å². The lowest BCUT2D eigenvalue weighted by Crippen LogP contribution is -2.53. The Bertz CT molecular complexity index is 729. The minimum atomic E-state index is -0.918. The molecule has 8 nitrogen and oxygen atoms in total. The van der Waals surface area contributed by atoms with Crippen molar-refractivity contribution < 1.29 is 9.59 Å². The Morgan fingerprint density at radius 3 is 2.65 bits per heavy atom. The van der Waals surface area contributed by atoms with Gasteiger partial charge < -0.3 is 4.90 Å². The lowest BCUT2D eigenvalue weighted by Gasteiger charge is -2.33. The van der Waals surface area contributed by atoms with Crippen molar-refractivity contribution in [3.8, 4) is 0 Å². The van der Waals surface area contributed by atoms with E-state index in [2.05, 4.69) is 20.8 Å². The van der Waals surface area contributed by atoms with Gasteiger partial charge in [-0.1, -0.05) is 23.3 Å². The summed E-state index contributed by atoms with van der Waals surface area (Å²) in [6.45, 7) is 2.33. The largest absolute Gasteiger partial charge is 0.324 e. The molecule has 0 bridgehead atoms. The molecule has 120 valence electrons. The molecule has 0 saturated carbocycles. The first-order valence-electron chi connectivity index (χ1n) is 7.43. The highest BCUT2D eigenvalue weighted by atomic mass is 16.2. The fraction of sp³-hybridized carbons (Fsp3) is 0.400. The first kappa shape index (κ1) is 15.1. The standard InChI is InChI=1S/C15H18N6O2/c1-15(13(23)16-14-17-18-19-20(14)2)9-6-10-21(15)12(22)11-7-4-3-5-8-11/h3-5,7-8H,6,9-10H2,1-2H3,(H,16,17,19,23). The Hall–Kier alpha value is -2.77. The highest BCUT2D eigenvalue weighted by Gasteiger charge is 2.46. The molecular weight excluding hydrogens is 296 g/mol. The number of rotatable bonds is 3. The Balaban J connectivity index is 1.83. The average molecular weight is 314 g/mol. The monoisotopic (exact) mass is 314 g/mol. The molecule has 1 aliphatic rings. The van der Waals surface area contributed by atoms with Crippen LogP contribution in [0.2, 0.25) is 0 Å². The van der Waals surface area contributed by atoms with Crippen molar-refractivity contribution in [3.05, 3.63) is 35.9 Å². The number of aryl methyl sites for hydroxylation is 1. The quantitative estimate of drug-likeness (QED) is 0.906. The van der Waals surface area contributed by atoms with Crippen LogP contribution in [0.4, 0.5) is 5.95 Å². The summed E-state index contributed by atoms with van der Waals surface area (Å²) in [5.74, 6) is -0.163. The Kier molecular flexibility index (Phi) is 3.81. The normalized spacial score (nSPS) is 20.5. The minimum absolute atomic E-state index is 0.142. The molecule has 0 spiro atoms. The van der Waals surface area contributed by atoms with Crippen molar-refractivity contribution >= 4 is 17.8 Å². The highest BCUT2D eigenvalue weighted by Crippen LogP contribution is 2.31. The molecule has 1 aromatic carbocycles. The summed E-state index contributed by atoms with van der Waals surface area (Å²) >= 11 is 0. The van der Waals surface area contributed by atoms with Crippen molar-refractivity contribution in [2.75, 3.05) is 11.9 Å². The Morgan fingerprint density at radius 1 is 1.26 bits per heavy atom. The van der Waals surface area contributed by atoms with Crippen LogP contribution in [0.1, 0.15) is 30.1 Å². The molecule has 2 heterocycles. The molecule has 1 fully saturated rings. The van der Waals surface area contributed by atoms with Crippen LogP contribution in [-0.2, 0) is 11.8 Å². The molecule has 1 atom stereocenters. The molecule has 0 aliphatic carbocycles. The van der Waals surface area contributed by atoms with Gasteiger partial charge in [0.15, 0.2) is 0 Å². The smallest absolute Gasteiger partial charge is 0.254 e. The van der Waals surface area contributed by atoms with E-state index in [1.54, 1.807) is 31.0 Å². The van der Waals surface area contributed by atoms with Crippen LogP contribution in [0.3, 0.4) is 0 Å². The summed E-state index contributed by atoms with van der Waals surface area (Å²) in [4.78, 5) is 27.1. The molecule has 1 N–H and O–H groups in total. The second-order valence-electron chi connectivity index (χ2n) is 5.78. The number of carbonyl (C=O) groups is 2. The number of anilines is 1. The summed E-state index contributed by atoms with van der Waals surface area (Å²) in [6, 6.07) is 8.99. The fourth-order valence-corrected chi connectivity index (χ4v) is 2.83. The second-order valence-corrected chi connectivity index (χ2v) is 5.78. The highest BCUT2D eigenvalue weighted by molar-refractivity contribution is 6.03. The predicted octanol–water partition coefficient (Wildman–Crippen LogP) is 0.843. The van der Waals surface area contributed by atoms with E-state index in [1.807, 2.05) is 18.2 Å². The van der Waals surface area contributed by atoms with Gasteiger partial charge in [0.1, 0.15) is 5.54 Å². The van der Waals surface area contributed by atoms with Gasteiger partial charge in [0.25, 0.3) is 11.8 Å². The fourth-order valence-electron chi connectivity index (χ4n) is 2.83. The average Bonchev–Trinajstić information content (AvgIpc) is 3.14. The molecule has 1 saturated heterocycles. The number of likely N-dealkylation sites (tertiary alicyclic amines) is 1. The third-order valence-electron chi connectivity index (χ3n) is 4.24. The van der Waals surface area contributed by atoms with Crippen molar-refractivity contribution in [1.29, 1.82) is 0 Å². The summed E-state index contributed by atoms with van der Waals surface area (Å²) in [5, 5.41) is 13.6. The zero-order valence-electron chi connectivity index (χ0n) is 13.1. The maximum absolute atomic E-state index is 12.7. The van der Waals surface area contributed by atoms with E-state index in [0.717, 1.165) is 6.42 Å². The van der Waals surface area contributed by atoms with Crippen molar-refractivity contribution in [2.24, 2.45) is 7.05 Å². The number of hydrogen-bond acceptors (Lipinski definition) is 5. The summed E-state index contributed by atoms with van der Waals surface area (Å²) in [7, 11) is 1.64. The second kappa shape index (κ2) is 5.79. The molecule has 23 heavy (non-hydrogen) atoms. The van der Waals surface area contributed by atoms with Crippen LogP contribution in [0.5, 0.6) is 0 Å². The number of benzene rings is 1. The van der Waals surface area contributed by atoms with Crippen molar-refractivity contribution in [3.63, 3.8) is 0 Å². The minimum Gasteiger partial charge on any atom is -0.324 e. The zero-order chi connectivity index (χ0) is 16.4. The van der Waals surface area contributed by atoms with E-state index in [9.17, 15) is 9.59 Å². The van der Waals surface area contributed by atoms with Crippen LogP contribution in [0.25, 0.3) is 0 Å². The van der Waals surface area contributed by atoms with Gasteiger partial charge >= 0.3 is 0 Å². The summed E-state index contributed by atoms with van der Waals surface area (Å²) < 4.78 is 1.37. The van der Waals surface area contributed by atoms with E-state index in [0.29, 0.717) is 18.5 Å². The van der Waals surface area contributed by atoms with Crippen LogP contribution < -0.4 is 5.32 Å². The van der Waals surface area contributed by atoms with Gasteiger partial charge in [0.2, 0.25) is 5.95 Å². The zero-order valence-corrected chi connectivity index (χ0v) is 13.1. The third-order valence-corrected chi connectivity index (χ3v) is 4.24. The topological polar surface area (TPSA) is 93.0 Å². The number of carbonyl (C=O) groups excluding carboxylic acids is 2. The maximum Gasteiger partial charge on any atom is 0.254 e. The van der Waals surface area contributed by atoms with Gasteiger partial charge in [0, 0.05) is 19.2 Å². The number of hydrogen-bond donors (Lipinski definition) is 1. The van der Waals surface area contributed by atoms with Gasteiger partial charge in [-0.3, -0.25) is 14.9 Å². The SMILES string of the molecule is Cn1nnnc1NC(=O)C1(C)CCCN1C(=O)c1ccccc1. The maximum atomic E-state index is 12.7. The summed E-state index contributed by atoms with van der Waals surface area (Å²) in [6.07, 6.45) is 1.38. The first-order chi connectivity index (χ1) is 11.0. The van der Waals surface area contributed by atoms with Gasteiger partial charge in [-0.25, -0.2) is 4.68 Å². The molecule has 0 radical (unpaired) electrons. The van der Waals surface area contributed by atoms with Crippen LogP contribution in [-0.4, -0.2) is 49.0 Å². The van der Waals surface area contributed by atoms with Crippen molar-refractivity contribution in [2.45, 2.75) is 25.3 Å². The number of amides is 2. The van der Waals surface area contributed by atoms with Gasteiger partial charge in [-0.15, -0.1) is 0 Å². The van der Waals surface area contributed by atoms with E-state index >= 15 is 0 Å². The van der Waals surface area contributed by atoms with E-state index in [1.165, 1.54) is 4.68 Å². The molecule has 3 rings (SSSR count). The van der Waals surface area contributed by atoms with Gasteiger partial charge in [-0.05, 0) is 42.3 Å². The number of aromatic nitrogens is 4. The lowest BCUT2D eigenvalue weighted by atomic mass is 9.97. The van der Waals surface area contributed by atoms with Crippen LogP contribution in [0, 0.1) is 0 Å². The number of nitrogens with zero attached hydrogens (tertiary/aromatic N) is 5. The van der Waals surface area contributed by atoms with E-state index < -0.39 is 5.54 Å². The lowest BCUT2D eigenvalue weighted by molar-refractivity contribution is -0.124. The number of tetrazole rings is 1. The molecule has 1 aliphatic heterocycles. The van der Waals surface area contributed by atoms with Crippen LogP contribution in [0.15, 0.2) is 30.3 Å². The molecule has 2 aromatic rings. The van der Waals surface area contributed by atoms with Gasteiger partial charge in [0.05, 0.1) is 0 Å².